The minimum atomic E-state index is -0.0485. The fourth-order valence-corrected chi connectivity index (χ4v) is 1.64. The number of nitrogens with one attached hydrogen (secondary N) is 1. The first-order valence-electron chi connectivity index (χ1n) is 6.25. The lowest BCUT2D eigenvalue weighted by Crippen LogP contribution is -2.28. The number of carbonyl (C=O) groups excluding carboxylic acids is 1. The highest BCUT2D eigenvalue weighted by molar-refractivity contribution is 5.80. The number of hydrogen-bond acceptors (Lipinski definition) is 4. The van der Waals surface area contributed by atoms with Crippen LogP contribution in [0.25, 0.3) is 0 Å². The summed E-state index contributed by atoms with van der Waals surface area (Å²) in [6, 6.07) is 3.41. The van der Waals surface area contributed by atoms with Gasteiger partial charge in [-0.25, -0.2) is 0 Å². The van der Waals surface area contributed by atoms with Gasteiger partial charge in [0.1, 0.15) is 0 Å². The van der Waals surface area contributed by atoms with Gasteiger partial charge < -0.3 is 20.5 Å². The van der Waals surface area contributed by atoms with Gasteiger partial charge in [0.15, 0.2) is 11.5 Å². The average Bonchev–Trinajstić information content (AvgIpc) is 2.38. The average molecular weight is 266 g/mol. The first kappa shape index (κ1) is 15.1. The van der Waals surface area contributed by atoms with Crippen LogP contribution >= 0.6 is 0 Å². The van der Waals surface area contributed by atoms with E-state index in [1.165, 1.54) is 0 Å². The topological polar surface area (TPSA) is 73.6 Å². The highest BCUT2D eigenvalue weighted by Crippen LogP contribution is 2.32. The Bertz CT molecular complexity index is 445. The molecule has 1 aromatic carbocycles. The Kier molecular flexibility index (Phi) is 5.48. The van der Waals surface area contributed by atoms with E-state index in [0.717, 1.165) is 5.56 Å². The number of carbonyl (C=O) groups is 1. The Balaban J connectivity index is 2.80. The maximum Gasteiger partial charge on any atom is 0.224 e. The molecule has 0 bridgehead atoms. The van der Waals surface area contributed by atoms with E-state index in [4.69, 9.17) is 15.2 Å². The van der Waals surface area contributed by atoms with E-state index in [-0.39, 0.29) is 12.3 Å². The second kappa shape index (κ2) is 6.87. The smallest absolute Gasteiger partial charge is 0.224 e. The Labute approximate surface area is 114 Å². The molecule has 1 amide bonds. The van der Waals surface area contributed by atoms with E-state index in [2.05, 4.69) is 5.32 Å². The highest BCUT2D eigenvalue weighted by Gasteiger charge is 2.12. The monoisotopic (exact) mass is 266 g/mol. The molecule has 1 aromatic rings. The van der Waals surface area contributed by atoms with Gasteiger partial charge in [-0.05, 0) is 17.5 Å². The van der Waals surface area contributed by atoms with Crippen molar-refractivity contribution in [3.05, 3.63) is 17.7 Å². The maximum absolute atomic E-state index is 11.8. The van der Waals surface area contributed by atoms with Crippen molar-refractivity contribution in [1.29, 1.82) is 0 Å². The van der Waals surface area contributed by atoms with Gasteiger partial charge in [-0.2, -0.15) is 0 Å². The summed E-state index contributed by atoms with van der Waals surface area (Å²) in [4.78, 5) is 11.8. The van der Waals surface area contributed by atoms with Crippen molar-refractivity contribution < 1.29 is 14.3 Å². The van der Waals surface area contributed by atoms with E-state index < -0.39 is 0 Å². The lowest BCUT2D eigenvalue weighted by atomic mass is 10.1. The molecule has 0 saturated carbocycles. The molecule has 0 radical (unpaired) electrons. The maximum atomic E-state index is 11.8. The van der Waals surface area contributed by atoms with Gasteiger partial charge in [0.25, 0.3) is 0 Å². The molecule has 19 heavy (non-hydrogen) atoms. The summed E-state index contributed by atoms with van der Waals surface area (Å²) < 4.78 is 10.3. The quantitative estimate of drug-likeness (QED) is 0.767. The number of ether oxygens (including phenoxy) is 2. The van der Waals surface area contributed by atoms with Crippen LogP contribution in [0.4, 0.5) is 5.69 Å². The molecular formula is C14H22N2O3. The number of hydrogen-bond donors (Lipinski definition) is 2. The lowest BCUT2D eigenvalue weighted by Gasteiger charge is -2.13. The van der Waals surface area contributed by atoms with Crippen LogP contribution in [0.2, 0.25) is 0 Å². The Hall–Kier alpha value is -1.91. The van der Waals surface area contributed by atoms with Crippen molar-refractivity contribution in [1.82, 2.24) is 5.32 Å². The van der Waals surface area contributed by atoms with E-state index in [1.807, 2.05) is 13.8 Å². The van der Waals surface area contributed by atoms with Crippen LogP contribution in [0.1, 0.15) is 19.4 Å². The van der Waals surface area contributed by atoms with Gasteiger partial charge in [-0.3, -0.25) is 4.79 Å². The molecular weight excluding hydrogens is 244 g/mol. The van der Waals surface area contributed by atoms with Gasteiger partial charge in [0.2, 0.25) is 5.91 Å². The fourth-order valence-electron chi connectivity index (χ4n) is 1.64. The minimum Gasteiger partial charge on any atom is -0.493 e. The van der Waals surface area contributed by atoms with Crippen LogP contribution in [-0.2, 0) is 11.2 Å². The van der Waals surface area contributed by atoms with Gasteiger partial charge in [0, 0.05) is 18.3 Å². The van der Waals surface area contributed by atoms with Crippen LogP contribution in [0.15, 0.2) is 12.1 Å². The van der Waals surface area contributed by atoms with Gasteiger partial charge in [-0.1, -0.05) is 13.8 Å². The third-order valence-corrected chi connectivity index (χ3v) is 2.70. The summed E-state index contributed by atoms with van der Waals surface area (Å²) in [6.45, 7) is 4.75. The van der Waals surface area contributed by atoms with Crippen molar-refractivity contribution in [2.45, 2.75) is 20.3 Å². The first-order valence-corrected chi connectivity index (χ1v) is 6.25. The molecule has 0 atom stereocenters. The van der Waals surface area contributed by atoms with Crippen molar-refractivity contribution in [2.24, 2.45) is 5.92 Å². The molecule has 0 aliphatic carbocycles. The summed E-state index contributed by atoms with van der Waals surface area (Å²) >= 11 is 0. The van der Waals surface area contributed by atoms with Crippen LogP contribution in [0.3, 0.4) is 0 Å². The predicted octanol–water partition coefficient (Wildman–Crippen LogP) is 1.60. The molecule has 0 fully saturated rings. The van der Waals surface area contributed by atoms with E-state index in [0.29, 0.717) is 29.6 Å². The molecule has 0 unspecified atom stereocenters. The zero-order chi connectivity index (χ0) is 14.4. The molecule has 106 valence electrons. The summed E-state index contributed by atoms with van der Waals surface area (Å²) in [7, 11) is 3.10. The number of anilines is 1. The molecule has 0 heterocycles. The number of nitrogen functional groups attached to an aromatic ring is 1. The Morgan fingerprint density at radius 3 is 2.37 bits per heavy atom. The molecule has 1 rings (SSSR count). The minimum absolute atomic E-state index is 0.0485. The van der Waals surface area contributed by atoms with Gasteiger partial charge in [-0.15, -0.1) is 0 Å². The molecule has 0 spiro atoms. The zero-order valence-corrected chi connectivity index (χ0v) is 11.9. The predicted molar refractivity (Wildman–Crippen MR) is 75.5 cm³/mol. The number of benzene rings is 1. The van der Waals surface area contributed by atoms with Gasteiger partial charge >= 0.3 is 0 Å². The molecule has 0 saturated heterocycles. The van der Waals surface area contributed by atoms with Gasteiger partial charge in [0.05, 0.1) is 20.6 Å². The van der Waals surface area contributed by atoms with Crippen LogP contribution in [0, 0.1) is 5.92 Å². The highest BCUT2D eigenvalue weighted by atomic mass is 16.5. The lowest BCUT2D eigenvalue weighted by molar-refractivity contribution is -0.120. The van der Waals surface area contributed by atoms with Crippen molar-refractivity contribution in [2.75, 3.05) is 26.5 Å². The Morgan fingerprint density at radius 2 is 1.84 bits per heavy atom. The summed E-state index contributed by atoms with van der Waals surface area (Å²) in [5.41, 5.74) is 7.17. The second-order valence-corrected chi connectivity index (χ2v) is 4.78. The summed E-state index contributed by atoms with van der Waals surface area (Å²) in [5.74, 6) is 1.51. The first-order chi connectivity index (χ1) is 8.97. The van der Waals surface area contributed by atoms with Crippen LogP contribution in [0.5, 0.6) is 11.5 Å². The SMILES string of the molecule is COc1cc(N)c(CC(=O)NCC(C)C)cc1OC. The standard InChI is InChI=1S/C14H22N2O3/c1-9(2)8-16-14(17)6-10-5-12(18-3)13(19-4)7-11(10)15/h5,7,9H,6,8,15H2,1-4H3,(H,16,17). The second-order valence-electron chi connectivity index (χ2n) is 4.78. The largest absolute Gasteiger partial charge is 0.493 e. The molecule has 0 aliphatic rings. The molecule has 0 aliphatic heterocycles. The normalized spacial score (nSPS) is 10.4. The number of nitrogens with two attached hydrogens (primary N) is 1. The van der Waals surface area contributed by atoms with Crippen LogP contribution < -0.4 is 20.5 Å². The number of methoxy groups -OCH3 is 2. The number of rotatable bonds is 6. The Morgan fingerprint density at radius 1 is 1.26 bits per heavy atom. The van der Waals surface area contributed by atoms with E-state index >= 15 is 0 Å². The molecule has 3 N–H and O–H groups in total. The van der Waals surface area contributed by atoms with E-state index in [1.54, 1.807) is 26.4 Å². The zero-order valence-electron chi connectivity index (χ0n) is 11.9. The third-order valence-electron chi connectivity index (χ3n) is 2.70. The van der Waals surface area contributed by atoms with E-state index in [9.17, 15) is 4.79 Å². The van der Waals surface area contributed by atoms with Crippen molar-refractivity contribution in [3.8, 4) is 11.5 Å². The molecule has 5 nitrogen and oxygen atoms in total. The van der Waals surface area contributed by atoms with Crippen molar-refractivity contribution in [3.63, 3.8) is 0 Å². The summed E-state index contributed by atoms with van der Waals surface area (Å²) in [5, 5.41) is 2.86. The number of amides is 1. The molecule has 0 aromatic heterocycles. The van der Waals surface area contributed by atoms with Crippen molar-refractivity contribution >= 4 is 11.6 Å². The summed E-state index contributed by atoms with van der Waals surface area (Å²) in [6.07, 6.45) is 0.235. The molecule has 5 heteroatoms. The van der Waals surface area contributed by atoms with Crippen LogP contribution in [-0.4, -0.2) is 26.7 Å². The third kappa shape index (κ3) is 4.35. The fraction of sp³-hybridized carbons (Fsp3) is 0.500.